The van der Waals surface area contributed by atoms with Crippen molar-refractivity contribution in [2.75, 3.05) is 18.6 Å². The summed E-state index contributed by atoms with van der Waals surface area (Å²) in [4.78, 5) is 18.2. The van der Waals surface area contributed by atoms with Gasteiger partial charge < -0.3 is 14.6 Å². The van der Waals surface area contributed by atoms with Gasteiger partial charge in [-0.15, -0.1) is 0 Å². The van der Waals surface area contributed by atoms with Crippen molar-refractivity contribution >= 4 is 22.5 Å². The SMILES string of the molecule is CCN(C(=O)Cc1c(C)[nH]c2ccc(OC)cc12)c1cccc(C)c1. The highest BCUT2D eigenvalue weighted by atomic mass is 16.5. The minimum atomic E-state index is 0.0971. The number of aryl methyl sites for hydroxylation is 2. The molecule has 1 N–H and O–H groups in total. The molecular formula is C21H24N2O2. The molecule has 2 aromatic carbocycles. The van der Waals surface area contributed by atoms with Gasteiger partial charge in [-0.1, -0.05) is 12.1 Å². The predicted molar refractivity (Wildman–Crippen MR) is 102 cm³/mol. The van der Waals surface area contributed by atoms with Crippen LogP contribution in [0.3, 0.4) is 0 Å². The molecule has 0 fully saturated rings. The van der Waals surface area contributed by atoms with E-state index in [1.807, 2.05) is 68.1 Å². The summed E-state index contributed by atoms with van der Waals surface area (Å²) in [5.74, 6) is 0.895. The highest BCUT2D eigenvalue weighted by Gasteiger charge is 2.18. The van der Waals surface area contributed by atoms with E-state index in [1.165, 1.54) is 0 Å². The smallest absolute Gasteiger partial charge is 0.231 e. The van der Waals surface area contributed by atoms with Gasteiger partial charge in [0.15, 0.2) is 0 Å². The number of carbonyl (C=O) groups is 1. The molecule has 0 saturated heterocycles. The lowest BCUT2D eigenvalue weighted by Crippen LogP contribution is -2.32. The number of amides is 1. The molecule has 0 bridgehead atoms. The van der Waals surface area contributed by atoms with Crippen molar-refractivity contribution in [3.05, 3.63) is 59.3 Å². The molecule has 0 radical (unpaired) electrons. The predicted octanol–water partition coefficient (Wildman–Crippen LogP) is 4.39. The van der Waals surface area contributed by atoms with Gasteiger partial charge in [-0.3, -0.25) is 4.79 Å². The highest BCUT2D eigenvalue weighted by Crippen LogP contribution is 2.27. The number of anilines is 1. The van der Waals surface area contributed by atoms with Crippen LogP contribution in [0.25, 0.3) is 10.9 Å². The van der Waals surface area contributed by atoms with Gasteiger partial charge in [0.1, 0.15) is 5.75 Å². The maximum absolute atomic E-state index is 13.0. The summed E-state index contributed by atoms with van der Waals surface area (Å²) >= 11 is 0. The van der Waals surface area contributed by atoms with E-state index in [2.05, 4.69) is 4.98 Å². The maximum Gasteiger partial charge on any atom is 0.231 e. The Balaban J connectivity index is 1.94. The minimum Gasteiger partial charge on any atom is -0.497 e. The summed E-state index contributed by atoms with van der Waals surface area (Å²) in [6.07, 6.45) is 0.362. The average Bonchev–Trinajstić information content (AvgIpc) is 2.90. The molecule has 1 amide bonds. The molecule has 130 valence electrons. The Morgan fingerprint density at radius 1 is 1.16 bits per heavy atom. The number of ether oxygens (including phenoxy) is 1. The fraction of sp³-hybridized carbons (Fsp3) is 0.286. The lowest BCUT2D eigenvalue weighted by Gasteiger charge is -2.21. The zero-order valence-electron chi connectivity index (χ0n) is 15.2. The monoisotopic (exact) mass is 336 g/mol. The van der Waals surface area contributed by atoms with Crippen molar-refractivity contribution in [2.24, 2.45) is 0 Å². The third kappa shape index (κ3) is 3.38. The zero-order valence-corrected chi connectivity index (χ0v) is 15.2. The summed E-state index contributed by atoms with van der Waals surface area (Å²) in [5, 5.41) is 1.05. The standard InChI is InChI=1S/C21H24N2O2/c1-5-23(16-8-6-7-14(2)11-16)21(24)13-18-15(3)22-20-10-9-17(25-4)12-19(18)20/h6-12,22H,5,13H2,1-4H3. The van der Waals surface area contributed by atoms with Crippen LogP contribution >= 0.6 is 0 Å². The molecule has 3 aromatic rings. The van der Waals surface area contributed by atoms with Crippen LogP contribution in [0.15, 0.2) is 42.5 Å². The van der Waals surface area contributed by atoms with E-state index in [4.69, 9.17) is 4.74 Å². The molecule has 4 heteroatoms. The van der Waals surface area contributed by atoms with E-state index in [-0.39, 0.29) is 5.91 Å². The van der Waals surface area contributed by atoms with Gasteiger partial charge in [-0.05, 0) is 62.2 Å². The zero-order chi connectivity index (χ0) is 18.0. The number of methoxy groups -OCH3 is 1. The number of benzene rings is 2. The molecule has 0 saturated carbocycles. The quantitative estimate of drug-likeness (QED) is 0.751. The van der Waals surface area contributed by atoms with E-state index in [0.29, 0.717) is 13.0 Å². The first-order valence-corrected chi connectivity index (χ1v) is 8.55. The van der Waals surface area contributed by atoms with Crippen molar-refractivity contribution in [3.63, 3.8) is 0 Å². The van der Waals surface area contributed by atoms with Crippen molar-refractivity contribution in [1.29, 1.82) is 0 Å². The summed E-state index contributed by atoms with van der Waals surface area (Å²) in [7, 11) is 1.65. The second-order valence-corrected chi connectivity index (χ2v) is 6.29. The third-order valence-electron chi connectivity index (χ3n) is 4.59. The molecule has 0 aliphatic heterocycles. The fourth-order valence-electron chi connectivity index (χ4n) is 3.26. The molecule has 0 aliphatic rings. The number of aromatic nitrogens is 1. The number of fused-ring (bicyclic) bond motifs is 1. The summed E-state index contributed by atoms with van der Waals surface area (Å²) in [6.45, 7) is 6.70. The van der Waals surface area contributed by atoms with Crippen LogP contribution in [0.1, 0.15) is 23.7 Å². The highest BCUT2D eigenvalue weighted by molar-refractivity contribution is 5.98. The number of nitrogens with zero attached hydrogens (tertiary/aromatic N) is 1. The van der Waals surface area contributed by atoms with Crippen LogP contribution in [-0.4, -0.2) is 24.5 Å². The van der Waals surface area contributed by atoms with Gasteiger partial charge in [0.05, 0.1) is 13.5 Å². The normalized spacial score (nSPS) is 10.9. The Morgan fingerprint density at radius 2 is 1.96 bits per heavy atom. The molecule has 0 aliphatic carbocycles. The van der Waals surface area contributed by atoms with Gasteiger partial charge in [-0.25, -0.2) is 0 Å². The van der Waals surface area contributed by atoms with E-state index >= 15 is 0 Å². The van der Waals surface area contributed by atoms with E-state index in [0.717, 1.165) is 39.2 Å². The van der Waals surface area contributed by atoms with Gasteiger partial charge in [0.2, 0.25) is 5.91 Å². The molecule has 4 nitrogen and oxygen atoms in total. The molecule has 0 atom stereocenters. The van der Waals surface area contributed by atoms with E-state index in [9.17, 15) is 4.79 Å². The van der Waals surface area contributed by atoms with Crippen molar-refractivity contribution in [3.8, 4) is 5.75 Å². The second kappa shape index (κ2) is 7.01. The van der Waals surface area contributed by atoms with Crippen LogP contribution < -0.4 is 9.64 Å². The Morgan fingerprint density at radius 3 is 2.64 bits per heavy atom. The maximum atomic E-state index is 13.0. The topological polar surface area (TPSA) is 45.3 Å². The van der Waals surface area contributed by atoms with Gasteiger partial charge in [0.25, 0.3) is 0 Å². The number of carbonyl (C=O) groups excluding carboxylic acids is 1. The number of nitrogens with one attached hydrogen (secondary N) is 1. The molecule has 1 aromatic heterocycles. The Labute approximate surface area is 148 Å². The molecule has 25 heavy (non-hydrogen) atoms. The first-order chi connectivity index (χ1) is 12.0. The van der Waals surface area contributed by atoms with Crippen LogP contribution in [0.4, 0.5) is 5.69 Å². The number of likely N-dealkylation sites (N-methyl/N-ethyl adjacent to an activating group) is 1. The molecule has 0 spiro atoms. The van der Waals surface area contributed by atoms with E-state index < -0.39 is 0 Å². The first-order valence-electron chi connectivity index (χ1n) is 8.55. The number of hydrogen-bond donors (Lipinski definition) is 1. The lowest BCUT2D eigenvalue weighted by atomic mass is 10.1. The summed E-state index contributed by atoms with van der Waals surface area (Å²) < 4.78 is 5.33. The fourth-order valence-corrected chi connectivity index (χ4v) is 3.26. The first kappa shape index (κ1) is 17.1. The summed E-state index contributed by atoms with van der Waals surface area (Å²) in [5.41, 5.74) is 5.18. The lowest BCUT2D eigenvalue weighted by molar-refractivity contribution is -0.117. The van der Waals surface area contributed by atoms with Gasteiger partial charge in [0, 0.05) is 28.8 Å². The number of rotatable bonds is 5. The molecule has 1 heterocycles. The third-order valence-corrected chi connectivity index (χ3v) is 4.59. The van der Waals surface area contributed by atoms with Gasteiger partial charge in [-0.2, -0.15) is 0 Å². The van der Waals surface area contributed by atoms with E-state index in [1.54, 1.807) is 7.11 Å². The van der Waals surface area contributed by atoms with Crippen molar-refractivity contribution in [1.82, 2.24) is 4.98 Å². The second-order valence-electron chi connectivity index (χ2n) is 6.29. The van der Waals surface area contributed by atoms with Crippen molar-refractivity contribution < 1.29 is 9.53 Å². The number of hydrogen-bond acceptors (Lipinski definition) is 2. The van der Waals surface area contributed by atoms with Crippen LogP contribution in [-0.2, 0) is 11.2 Å². The average molecular weight is 336 g/mol. The minimum absolute atomic E-state index is 0.0971. The Kier molecular flexibility index (Phi) is 4.79. The molecule has 3 rings (SSSR count). The Bertz CT molecular complexity index is 911. The number of H-pyrrole nitrogens is 1. The van der Waals surface area contributed by atoms with Crippen LogP contribution in [0.5, 0.6) is 5.75 Å². The Hall–Kier alpha value is -2.75. The summed E-state index contributed by atoms with van der Waals surface area (Å²) in [6, 6.07) is 14.0. The molecular weight excluding hydrogens is 312 g/mol. The van der Waals surface area contributed by atoms with Gasteiger partial charge >= 0.3 is 0 Å². The van der Waals surface area contributed by atoms with Crippen LogP contribution in [0, 0.1) is 13.8 Å². The largest absolute Gasteiger partial charge is 0.497 e. The van der Waals surface area contributed by atoms with Crippen LogP contribution in [0.2, 0.25) is 0 Å². The number of aromatic amines is 1. The molecule has 0 unspecified atom stereocenters. The van der Waals surface area contributed by atoms with Crippen molar-refractivity contribution in [2.45, 2.75) is 27.2 Å².